The monoisotopic (exact) mass is 326 g/mol. The lowest BCUT2D eigenvalue weighted by Gasteiger charge is -2.09. The number of halogens is 2. The number of anilines is 2. The molecule has 3 nitrogen and oxygen atoms in total. The third-order valence-electron chi connectivity index (χ3n) is 2.50. The predicted octanol–water partition coefficient (Wildman–Crippen LogP) is 4.31. The second-order valence-corrected chi connectivity index (χ2v) is 5.80. The number of nitrogens with two attached hydrogens (primary N) is 1. The van der Waals surface area contributed by atoms with Crippen LogP contribution in [0.2, 0.25) is 10.0 Å². The van der Waals surface area contributed by atoms with Crippen LogP contribution in [0.15, 0.2) is 47.4 Å². The molecule has 0 atom stereocenters. The van der Waals surface area contributed by atoms with Crippen LogP contribution in [0.4, 0.5) is 11.4 Å². The van der Waals surface area contributed by atoms with Crippen LogP contribution < -0.4 is 11.1 Å². The van der Waals surface area contributed by atoms with Gasteiger partial charge in [-0.2, -0.15) is 0 Å². The molecule has 2 aromatic carbocycles. The van der Waals surface area contributed by atoms with Crippen molar-refractivity contribution in [1.29, 1.82) is 0 Å². The highest BCUT2D eigenvalue weighted by Gasteiger charge is 2.10. The van der Waals surface area contributed by atoms with Crippen molar-refractivity contribution < 1.29 is 4.79 Å². The molecule has 0 bridgehead atoms. The highest BCUT2D eigenvalue weighted by Crippen LogP contribution is 2.30. The average molecular weight is 327 g/mol. The Morgan fingerprint density at radius 3 is 2.40 bits per heavy atom. The first-order valence-corrected chi connectivity index (χ1v) is 7.53. The van der Waals surface area contributed by atoms with Gasteiger partial charge >= 0.3 is 0 Å². The van der Waals surface area contributed by atoms with E-state index >= 15 is 0 Å². The first-order valence-electron chi connectivity index (χ1n) is 5.79. The Morgan fingerprint density at radius 2 is 1.75 bits per heavy atom. The highest BCUT2D eigenvalue weighted by atomic mass is 35.5. The summed E-state index contributed by atoms with van der Waals surface area (Å²) >= 11 is 13.3. The van der Waals surface area contributed by atoms with E-state index in [0.29, 0.717) is 21.4 Å². The predicted molar refractivity (Wildman–Crippen MR) is 86.7 cm³/mol. The third kappa shape index (κ3) is 3.82. The number of amides is 1. The topological polar surface area (TPSA) is 55.1 Å². The number of carbonyl (C=O) groups excluding carboxylic acids is 1. The van der Waals surface area contributed by atoms with E-state index in [1.54, 1.807) is 24.3 Å². The zero-order valence-corrected chi connectivity index (χ0v) is 12.7. The molecular formula is C14H12Cl2N2OS. The van der Waals surface area contributed by atoms with Gasteiger partial charge in [0.1, 0.15) is 0 Å². The normalized spacial score (nSPS) is 10.3. The fourth-order valence-corrected chi connectivity index (χ4v) is 2.81. The molecule has 0 aliphatic rings. The molecule has 0 heterocycles. The van der Waals surface area contributed by atoms with Crippen LogP contribution >= 0.6 is 35.0 Å². The molecule has 0 aliphatic heterocycles. The summed E-state index contributed by atoms with van der Waals surface area (Å²) in [6.07, 6.45) is 0. The van der Waals surface area contributed by atoms with Crippen molar-refractivity contribution in [2.45, 2.75) is 4.90 Å². The molecule has 0 spiro atoms. The Balaban J connectivity index is 1.98. The number of benzene rings is 2. The maximum atomic E-state index is 11.9. The van der Waals surface area contributed by atoms with Crippen LogP contribution in [0.5, 0.6) is 0 Å². The van der Waals surface area contributed by atoms with Gasteiger partial charge in [0.05, 0.1) is 21.5 Å². The van der Waals surface area contributed by atoms with Crippen LogP contribution in [-0.2, 0) is 4.79 Å². The van der Waals surface area contributed by atoms with E-state index in [1.807, 2.05) is 18.2 Å². The smallest absolute Gasteiger partial charge is 0.234 e. The molecule has 1 amide bonds. The van der Waals surface area contributed by atoms with E-state index in [-0.39, 0.29) is 11.7 Å². The van der Waals surface area contributed by atoms with E-state index in [4.69, 9.17) is 28.9 Å². The molecule has 0 saturated heterocycles. The molecule has 0 fully saturated rings. The fraction of sp³-hybridized carbons (Fsp3) is 0.0714. The molecule has 2 aromatic rings. The van der Waals surface area contributed by atoms with Gasteiger partial charge in [-0.3, -0.25) is 4.79 Å². The Morgan fingerprint density at radius 1 is 1.10 bits per heavy atom. The molecule has 2 rings (SSSR count). The minimum Gasteiger partial charge on any atom is -0.398 e. The van der Waals surface area contributed by atoms with Crippen molar-refractivity contribution in [3.05, 3.63) is 52.5 Å². The zero-order valence-electron chi connectivity index (χ0n) is 10.4. The van der Waals surface area contributed by atoms with E-state index in [9.17, 15) is 4.79 Å². The Labute approximate surface area is 131 Å². The summed E-state index contributed by atoms with van der Waals surface area (Å²) in [5.74, 6) is 0.0451. The summed E-state index contributed by atoms with van der Waals surface area (Å²) in [4.78, 5) is 12.8. The summed E-state index contributed by atoms with van der Waals surface area (Å²) in [5, 5.41) is 3.53. The van der Waals surface area contributed by atoms with Gasteiger partial charge in [-0.25, -0.2) is 0 Å². The molecule has 0 unspecified atom stereocenters. The minimum atomic E-state index is -0.187. The van der Waals surface area contributed by atoms with Crippen molar-refractivity contribution in [2.75, 3.05) is 16.8 Å². The number of hydrogen-bond acceptors (Lipinski definition) is 3. The van der Waals surface area contributed by atoms with Gasteiger partial charge in [-0.15, -0.1) is 11.8 Å². The van der Waals surface area contributed by atoms with Crippen LogP contribution in [0.3, 0.4) is 0 Å². The fourth-order valence-electron chi connectivity index (χ4n) is 1.55. The highest BCUT2D eigenvalue weighted by molar-refractivity contribution is 8.00. The van der Waals surface area contributed by atoms with Gasteiger partial charge in [0.15, 0.2) is 0 Å². The molecule has 3 N–H and O–H groups in total. The molecule has 0 aliphatic carbocycles. The Bertz CT molecular complexity index is 614. The van der Waals surface area contributed by atoms with Gasteiger partial charge in [0, 0.05) is 10.6 Å². The largest absolute Gasteiger partial charge is 0.398 e. The van der Waals surface area contributed by atoms with Crippen LogP contribution in [0.25, 0.3) is 0 Å². The average Bonchev–Trinajstić information content (AvgIpc) is 2.42. The third-order valence-corrected chi connectivity index (χ3v) is 4.22. The number of para-hydroxylation sites is 2. The van der Waals surface area contributed by atoms with Gasteiger partial charge < -0.3 is 11.1 Å². The van der Waals surface area contributed by atoms with E-state index < -0.39 is 0 Å². The lowest BCUT2D eigenvalue weighted by molar-refractivity contribution is -0.113. The first kappa shape index (κ1) is 15.0. The molecule has 0 aromatic heterocycles. The number of rotatable bonds is 4. The molecule has 20 heavy (non-hydrogen) atoms. The molecular weight excluding hydrogens is 315 g/mol. The number of carbonyl (C=O) groups is 1. The SMILES string of the molecule is Nc1ccccc1SCC(=O)Nc1c(Cl)cccc1Cl. The number of nitrogens with one attached hydrogen (secondary N) is 1. The number of nitrogen functional groups attached to an aromatic ring is 1. The second-order valence-electron chi connectivity index (χ2n) is 3.97. The van der Waals surface area contributed by atoms with E-state index in [2.05, 4.69) is 5.32 Å². The molecule has 0 saturated carbocycles. The van der Waals surface area contributed by atoms with Crippen LogP contribution in [0.1, 0.15) is 0 Å². The molecule has 6 heteroatoms. The van der Waals surface area contributed by atoms with Crippen molar-refractivity contribution in [3.8, 4) is 0 Å². The van der Waals surface area contributed by atoms with Gasteiger partial charge in [-0.05, 0) is 24.3 Å². The van der Waals surface area contributed by atoms with Gasteiger partial charge in [-0.1, -0.05) is 41.4 Å². The maximum absolute atomic E-state index is 11.9. The summed E-state index contributed by atoms with van der Waals surface area (Å²) < 4.78 is 0. The zero-order chi connectivity index (χ0) is 14.5. The Hall–Kier alpha value is -1.36. The second kappa shape index (κ2) is 6.88. The van der Waals surface area contributed by atoms with E-state index in [0.717, 1.165) is 4.90 Å². The minimum absolute atomic E-state index is 0.187. The maximum Gasteiger partial charge on any atom is 0.234 e. The van der Waals surface area contributed by atoms with E-state index in [1.165, 1.54) is 11.8 Å². The van der Waals surface area contributed by atoms with Crippen molar-refractivity contribution in [1.82, 2.24) is 0 Å². The van der Waals surface area contributed by atoms with Gasteiger partial charge in [0.25, 0.3) is 0 Å². The van der Waals surface area contributed by atoms with Crippen LogP contribution in [0, 0.1) is 0 Å². The van der Waals surface area contributed by atoms with Crippen molar-refractivity contribution >= 4 is 52.2 Å². The van der Waals surface area contributed by atoms with Crippen LogP contribution in [-0.4, -0.2) is 11.7 Å². The molecule has 104 valence electrons. The summed E-state index contributed by atoms with van der Waals surface area (Å²) in [6, 6.07) is 12.5. The summed E-state index contributed by atoms with van der Waals surface area (Å²) in [6.45, 7) is 0. The lowest BCUT2D eigenvalue weighted by Crippen LogP contribution is -2.14. The Kier molecular flexibility index (Phi) is 5.17. The summed E-state index contributed by atoms with van der Waals surface area (Å²) in [7, 11) is 0. The standard InChI is InChI=1S/C14H12Cl2N2OS/c15-9-4-3-5-10(16)14(9)18-13(19)8-20-12-7-2-1-6-11(12)17/h1-7H,8,17H2,(H,18,19). The van der Waals surface area contributed by atoms with Crippen molar-refractivity contribution in [2.24, 2.45) is 0 Å². The van der Waals surface area contributed by atoms with Crippen molar-refractivity contribution in [3.63, 3.8) is 0 Å². The van der Waals surface area contributed by atoms with Gasteiger partial charge in [0.2, 0.25) is 5.91 Å². The lowest BCUT2D eigenvalue weighted by atomic mass is 10.3. The summed E-state index contributed by atoms with van der Waals surface area (Å²) in [5.41, 5.74) is 6.90. The number of thioether (sulfide) groups is 1. The quantitative estimate of drug-likeness (QED) is 0.650. The molecule has 0 radical (unpaired) electrons. The first-order chi connectivity index (χ1) is 9.58. The number of hydrogen-bond donors (Lipinski definition) is 2.